The molecule has 0 saturated carbocycles. The number of anilines is 1. The van der Waals surface area contributed by atoms with Crippen molar-refractivity contribution in [3.63, 3.8) is 0 Å². The van der Waals surface area contributed by atoms with E-state index < -0.39 is 0 Å². The Morgan fingerprint density at radius 1 is 1.18 bits per heavy atom. The normalized spacial score (nSPS) is 10.4. The number of methoxy groups -OCH3 is 1. The predicted molar refractivity (Wildman–Crippen MR) is 68.5 cm³/mol. The molecule has 0 amide bonds. The third kappa shape index (κ3) is 2.25. The summed E-state index contributed by atoms with van der Waals surface area (Å²) in [7, 11) is 1.65. The summed E-state index contributed by atoms with van der Waals surface area (Å²) >= 11 is 0. The molecule has 0 atom stereocenters. The smallest absolute Gasteiger partial charge is 0.162 e. The van der Waals surface area contributed by atoms with E-state index >= 15 is 0 Å². The van der Waals surface area contributed by atoms with Crippen molar-refractivity contribution < 1.29 is 4.74 Å². The molecule has 2 heterocycles. The molecule has 90 valence electrons. The zero-order chi connectivity index (χ0) is 12.4. The molecule has 0 unspecified atom stereocenters. The molecule has 4 heteroatoms. The van der Waals surface area contributed by atoms with Gasteiger partial charge in [-0.3, -0.25) is 15.1 Å². The second kappa shape index (κ2) is 4.49. The summed E-state index contributed by atoms with van der Waals surface area (Å²) in [5.41, 5.74) is 7.51. The Labute approximate surface area is 101 Å². The summed E-state index contributed by atoms with van der Waals surface area (Å²) in [6, 6.07) is 6.11. The van der Waals surface area contributed by atoms with Gasteiger partial charge < -0.3 is 4.74 Å². The minimum Gasteiger partial charge on any atom is -0.493 e. The quantitative estimate of drug-likeness (QED) is 0.882. The van der Waals surface area contributed by atoms with Crippen molar-refractivity contribution in [3.8, 4) is 5.75 Å². The third-order valence-electron chi connectivity index (χ3n) is 2.73. The van der Waals surface area contributed by atoms with E-state index in [1.165, 1.54) is 0 Å². The van der Waals surface area contributed by atoms with Crippen LogP contribution in [0.25, 0.3) is 0 Å². The summed E-state index contributed by atoms with van der Waals surface area (Å²) in [5, 5.41) is 0. The molecular weight excluding hydrogens is 214 g/mol. The summed E-state index contributed by atoms with van der Waals surface area (Å²) < 4.78 is 7.32. The molecule has 0 aromatic carbocycles. The Morgan fingerprint density at radius 3 is 2.41 bits per heavy atom. The Morgan fingerprint density at radius 2 is 1.82 bits per heavy atom. The van der Waals surface area contributed by atoms with Gasteiger partial charge in [0.2, 0.25) is 0 Å². The zero-order valence-electron chi connectivity index (χ0n) is 10.6. The number of pyridine rings is 1. The van der Waals surface area contributed by atoms with E-state index in [9.17, 15) is 0 Å². The fraction of sp³-hybridized carbons (Fsp3) is 0.308. The summed E-state index contributed by atoms with van der Waals surface area (Å²) in [6.45, 7) is 6.07. The number of hydrogen-bond acceptors (Lipinski definition) is 3. The molecule has 0 bridgehead atoms. The van der Waals surface area contributed by atoms with Gasteiger partial charge in [0.15, 0.2) is 5.75 Å². The van der Waals surface area contributed by atoms with E-state index in [4.69, 9.17) is 4.74 Å². The van der Waals surface area contributed by atoms with Crippen LogP contribution in [0.4, 0.5) is 5.69 Å². The maximum atomic E-state index is 5.29. The van der Waals surface area contributed by atoms with Crippen LogP contribution in [0.2, 0.25) is 0 Å². The van der Waals surface area contributed by atoms with Gasteiger partial charge in [0.05, 0.1) is 19.0 Å². The van der Waals surface area contributed by atoms with E-state index in [2.05, 4.69) is 36.4 Å². The van der Waals surface area contributed by atoms with Gasteiger partial charge >= 0.3 is 0 Å². The van der Waals surface area contributed by atoms with Crippen molar-refractivity contribution in [2.24, 2.45) is 0 Å². The van der Waals surface area contributed by atoms with Crippen LogP contribution in [0.5, 0.6) is 5.75 Å². The van der Waals surface area contributed by atoms with Gasteiger partial charge in [0, 0.05) is 17.1 Å². The van der Waals surface area contributed by atoms with Crippen molar-refractivity contribution in [1.29, 1.82) is 0 Å². The molecule has 2 rings (SSSR count). The Bertz CT molecular complexity index is 512. The second-order valence-corrected chi connectivity index (χ2v) is 4.09. The lowest BCUT2D eigenvalue weighted by atomic mass is 10.3. The topological polar surface area (TPSA) is 39.1 Å². The number of ether oxygens (including phenoxy) is 1. The highest BCUT2D eigenvalue weighted by molar-refractivity contribution is 5.56. The number of nitrogens with zero attached hydrogens (tertiary/aromatic N) is 2. The minimum atomic E-state index is 0.739. The molecule has 4 nitrogen and oxygen atoms in total. The molecule has 0 fully saturated rings. The molecule has 0 aliphatic carbocycles. The lowest BCUT2D eigenvalue weighted by Crippen LogP contribution is -2.13. The summed E-state index contributed by atoms with van der Waals surface area (Å²) in [4.78, 5) is 4.21. The Hall–Kier alpha value is -1.97. The fourth-order valence-electron chi connectivity index (χ4n) is 1.76. The van der Waals surface area contributed by atoms with Gasteiger partial charge in [0.1, 0.15) is 0 Å². The van der Waals surface area contributed by atoms with Crippen LogP contribution in [-0.4, -0.2) is 16.8 Å². The highest BCUT2D eigenvalue weighted by Crippen LogP contribution is 2.24. The van der Waals surface area contributed by atoms with Gasteiger partial charge in [-0.15, -0.1) is 0 Å². The van der Waals surface area contributed by atoms with Gasteiger partial charge in [-0.05, 0) is 39.0 Å². The van der Waals surface area contributed by atoms with Crippen molar-refractivity contribution in [2.45, 2.75) is 20.8 Å². The maximum absolute atomic E-state index is 5.29. The predicted octanol–water partition coefficient (Wildman–Crippen LogP) is 2.69. The molecule has 0 aliphatic rings. The maximum Gasteiger partial charge on any atom is 0.162 e. The van der Waals surface area contributed by atoms with Crippen molar-refractivity contribution in [2.75, 3.05) is 12.5 Å². The van der Waals surface area contributed by atoms with E-state index in [1.54, 1.807) is 13.3 Å². The number of aromatic nitrogens is 2. The first-order valence-corrected chi connectivity index (χ1v) is 5.54. The van der Waals surface area contributed by atoms with Crippen LogP contribution in [0.1, 0.15) is 17.1 Å². The lowest BCUT2D eigenvalue weighted by Gasteiger charge is -2.15. The zero-order valence-corrected chi connectivity index (χ0v) is 10.6. The SMILES string of the molecule is COc1cnc(C)cc1Nn1c(C)ccc1C. The van der Waals surface area contributed by atoms with Crippen molar-refractivity contribution >= 4 is 5.69 Å². The Balaban J connectivity index is 2.38. The number of aryl methyl sites for hydroxylation is 3. The average molecular weight is 231 g/mol. The molecule has 1 N–H and O–H groups in total. The number of nitrogens with one attached hydrogen (secondary N) is 1. The van der Waals surface area contributed by atoms with Crippen LogP contribution < -0.4 is 10.2 Å². The van der Waals surface area contributed by atoms with Crippen LogP contribution >= 0.6 is 0 Å². The molecule has 2 aromatic heterocycles. The first kappa shape index (κ1) is 11.5. The van der Waals surface area contributed by atoms with Crippen molar-refractivity contribution in [1.82, 2.24) is 9.66 Å². The number of hydrogen-bond donors (Lipinski definition) is 1. The van der Waals surface area contributed by atoms with E-state index in [0.717, 1.165) is 28.5 Å². The standard InChI is InChI=1S/C13H17N3O/c1-9-7-12(13(17-4)8-14-9)15-16-10(2)5-6-11(16)3/h5-8H,1-4H3,(H,14,15). The van der Waals surface area contributed by atoms with E-state index in [1.807, 2.05) is 17.7 Å². The van der Waals surface area contributed by atoms with Gasteiger partial charge in [-0.25, -0.2) is 0 Å². The van der Waals surface area contributed by atoms with Crippen molar-refractivity contribution in [3.05, 3.63) is 41.5 Å². The minimum absolute atomic E-state index is 0.739. The summed E-state index contributed by atoms with van der Waals surface area (Å²) in [6.07, 6.45) is 1.73. The molecule has 2 aromatic rings. The molecule has 0 radical (unpaired) electrons. The van der Waals surface area contributed by atoms with Gasteiger partial charge in [-0.2, -0.15) is 0 Å². The van der Waals surface area contributed by atoms with Gasteiger partial charge in [-0.1, -0.05) is 0 Å². The van der Waals surface area contributed by atoms with Gasteiger partial charge in [0.25, 0.3) is 0 Å². The van der Waals surface area contributed by atoms with Crippen LogP contribution in [0, 0.1) is 20.8 Å². The third-order valence-corrected chi connectivity index (χ3v) is 2.73. The molecule has 17 heavy (non-hydrogen) atoms. The lowest BCUT2D eigenvalue weighted by molar-refractivity contribution is 0.414. The Kier molecular flexibility index (Phi) is 3.04. The molecule has 0 aliphatic heterocycles. The molecule has 0 spiro atoms. The highest BCUT2D eigenvalue weighted by atomic mass is 16.5. The highest BCUT2D eigenvalue weighted by Gasteiger charge is 2.06. The average Bonchev–Trinajstić information content (AvgIpc) is 2.61. The van der Waals surface area contributed by atoms with E-state index in [-0.39, 0.29) is 0 Å². The second-order valence-electron chi connectivity index (χ2n) is 4.09. The number of rotatable bonds is 3. The van der Waals surface area contributed by atoms with Crippen LogP contribution in [0.15, 0.2) is 24.4 Å². The van der Waals surface area contributed by atoms with Crippen LogP contribution in [-0.2, 0) is 0 Å². The fourth-order valence-corrected chi connectivity index (χ4v) is 1.76. The summed E-state index contributed by atoms with van der Waals surface area (Å²) in [5.74, 6) is 0.739. The van der Waals surface area contributed by atoms with E-state index in [0.29, 0.717) is 0 Å². The first-order valence-electron chi connectivity index (χ1n) is 5.54. The molecule has 0 saturated heterocycles. The largest absolute Gasteiger partial charge is 0.493 e. The monoisotopic (exact) mass is 231 g/mol. The molecular formula is C13H17N3O. The van der Waals surface area contributed by atoms with Crippen LogP contribution in [0.3, 0.4) is 0 Å². The first-order chi connectivity index (χ1) is 8.11.